The van der Waals surface area contributed by atoms with E-state index in [0.717, 1.165) is 12.0 Å². The maximum Gasteiger partial charge on any atom is 0.459 e. The van der Waals surface area contributed by atoms with Crippen LogP contribution < -0.4 is 0 Å². The van der Waals surface area contributed by atoms with Gasteiger partial charge in [-0.2, -0.15) is 22.0 Å². The van der Waals surface area contributed by atoms with Gasteiger partial charge in [-0.1, -0.05) is 38.1 Å². The van der Waals surface area contributed by atoms with Gasteiger partial charge in [0.2, 0.25) is 0 Å². The lowest BCUT2D eigenvalue weighted by Crippen LogP contribution is -2.34. The van der Waals surface area contributed by atoms with Crippen molar-refractivity contribution in [1.29, 1.82) is 0 Å². The number of sulfone groups is 1. The number of halogens is 5. The normalized spacial score (nSPS) is 18.2. The van der Waals surface area contributed by atoms with Crippen LogP contribution in [0.25, 0.3) is 33.8 Å². The Bertz CT molecular complexity index is 1650. The number of aryl methyl sites for hydroxylation is 1. The van der Waals surface area contributed by atoms with Gasteiger partial charge in [0.05, 0.1) is 10.6 Å². The SMILES string of the molecule is CCS(=O)(=O)c1cc(-c2ccc(C3CC3C)cc2)cnc1-c1nc2cc(C(F)(F)C(F)(F)F)nnc2n1C. The van der Waals surface area contributed by atoms with Gasteiger partial charge in [-0.05, 0) is 41.5 Å². The predicted octanol–water partition coefficient (Wildman–Crippen LogP) is 5.66. The number of benzene rings is 1. The summed E-state index contributed by atoms with van der Waals surface area (Å²) < 4.78 is 93.5. The first kappa shape index (κ1) is 26.1. The van der Waals surface area contributed by atoms with E-state index in [1.165, 1.54) is 36.4 Å². The van der Waals surface area contributed by atoms with Crippen LogP contribution in [-0.4, -0.2) is 45.1 Å². The summed E-state index contributed by atoms with van der Waals surface area (Å²) in [6, 6.07) is 9.75. The van der Waals surface area contributed by atoms with E-state index < -0.39 is 27.6 Å². The molecule has 1 saturated carbocycles. The first-order chi connectivity index (χ1) is 17.7. The van der Waals surface area contributed by atoms with Crippen molar-refractivity contribution in [2.24, 2.45) is 13.0 Å². The molecule has 5 rings (SSSR count). The van der Waals surface area contributed by atoms with Crippen LogP contribution in [0, 0.1) is 5.92 Å². The number of imidazole rings is 1. The van der Waals surface area contributed by atoms with Crippen molar-refractivity contribution >= 4 is 21.0 Å². The quantitative estimate of drug-likeness (QED) is 0.287. The number of aromatic nitrogens is 5. The second-order valence-corrected chi connectivity index (χ2v) is 11.7. The lowest BCUT2D eigenvalue weighted by molar-refractivity contribution is -0.291. The number of fused-ring (bicyclic) bond motifs is 1. The fourth-order valence-electron chi connectivity index (χ4n) is 4.37. The third-order valence-corrected chi connectivity index (χ3v) is 8.60. The highest BCUT2D eigenvalue weighted by atomic mass is 32.2. The number of hydrogen-bond acceptors (Lipinski definition) is 6. The van der Waals surface area contributed by atoms with Crippen molar-refractivity contribution in [3.8, 4) is 22.6 Å². The number of rotatable bonds is 6. The molecule has 200 valence electrons. The maximum atomic E-state index is 13.8. The third kappa shape index (κ3) is 4.32. The van der Waals surface area contributed by atoms with Crippen LogP contribution in [0.2, 0.25) is 0 Å². The summed E-state index contributed by atoms with van der Waals surface area (Å²) in [7, 11) is -2.44. The standard InChI is InChI=1S/C25H22F5N5O2S/c1-4-38(36,37)19-10-16(14-5-7-15(8-6-14)17-9-13(17)2)12-31-21(19)23-32-18-11-20(24(26,27)25(28,29)30)33-34-22(18)35(23)3/h5-8,10-13,17H,4,9H2,1-3H3. The molecule has 38 heavy (non-hydrogen) atoms. The third-order valence-electron chi connectivity index (χ3n) is 6.86. The van der Waals surface area contributed by atoms with Crippen LogP contribution >= 0.6 is 0 Å². The highest BCUT2D eigenvalue weighted by Gasteiger charge is 2.60. The molecule has 0 bridgehead atoms. The summed E-state index contributed by atoms with van der Waals surface area (Å²) in [5.41, 5.74) is 0.387. The van der Waals surface area contributed by atoms with Gasteiger partial charge in [0, 0.05) is 18.8 Å². The van der Waals surface area contributed by atoms with Crippen molar-refractivity contribution in [2.45, 2.75) is 43.2 Å². The monoisotopic (exact) mass is 551 g/mol. The zero-order valence-corrected chi connectivity index (χ0v) is 21.3. The second kappa shape index (κ2) is 8.79. The molecule has 0 spiro atoms. The van der Waals surface area contributed by atoms with E-state index in [0.29, 0.717) is 23.5 Å². The van der Waals surface area contributed by atoms with E-state index in [4.69, 9.17) is 0 Å². The van der Waals surface area contributed by atoms with E-state index >= 15 is 0 Å². The van der Waals surface area contributed by atoms with E-state index in [1.54, 1.807) is 0 Å². The number of alkyl halides is 5. The Labute approximate surface area is 214 Å². The molecular formula is C25H22F5N5O2S. The van der Waals surface area contributed by atoms with Crippen LogP contribution in [0.3, 0.4) is 0 Å². The van der Waals surface area contributed by atoms with Gasteiger partial charge in [0.25, 0.3) is 0 Å². The predicted molar refractivity (Wildman–Crippen MR) is 129 cm³/mol. The molecular weight excluding hydrogens is 529 g/mol. The van der Waals surface area contributed by atoms with Crippen molar-refractivity contribution in [3.05, 3.63) is 53.9 Å². The molecule has 1 fully saturated rings. The van der Waals surface area contributed by atoms with Gasteiger partial charge in [0.15, 0.2) is 21.3 Å². The first-order valence-electron chi connectivity index (χ1n) is 11.7. The molecule has 1 aromatic carbocycles. The summed E-state index contributed by atoms with van der Waals surface area (Å²) in [5, 5.41) is 6.57. The van der Waals surface area contributed by atoms with Crippen molar-refractivity contribution in [2.75, 3.05) is 5.75 Å². The van der Waals surface area contributed by atoms with Gasteiger partial charge < -0.3 is 4.57 Å². The van der Waals surface area contributed by atoms with Crippen molar-refractivity contribution in [3.63, 3.8) is 0 Å². The number of pyridine rings is 1. The summed E-state index contributed by atoms with van der Waals surface area (Å²) in [6.07, 6.45) is -3.28. The molecule has 0 N–H and O–H groups in total. The molecule has 2 unspecified atom stereocenters. The number of hydrogen-bond donors (Lipinski definition) is 0. The van der Waals surface area contributed by atoms with Gasteiger partial charge in [0.1, 0.15) is 16.9 Å². The molecule has 0 saturated heterocycles. The van der Waals surface area contributed by atoms with Crippen LogP contribution in [-0.2, 0) is 22.8 Å². The van der Waals surface area contributed by atoms with Crippen LogP contribution in [0.4, 0.5) is 22.0 Å². The van der Waals surface area contributed by atoms with Gasteiger partial charge in [-0.25, -0.2) is 13.4 Å². The highest BCUT2D eigenvalue weighted by Crippen LogP contribution is 2.47. The highest BCUT2D eigenvalue weighted by molar-refractivity contribution is 7.91. The molecule has 7 nitrogen and oxygen atoms in total. The van der Waals surface area contributed by atoms with Crippen LogP contribution in [0.1, 0.15) is 37.4 Å². The Balaban J connectivity index is 1.61. The van der Waals surface area contributed by atoms with Crippen LogP contribution in [0.5, 0.6) is 0 Å². The topological polar surface area (TPSA) is 90.6 Å². The van der Waals surface area contributed by atoms with E-state index in [9.17, 15) is 30.4 Å². The molecule has 13 heteroatoms. The van der Waals surface area contributed by atoms with Gasteiger partial charge in [-0.15, -0.1) is 10.2 Å². The Kier molecular flexibility index (Phi) is 6.04. The zero-order valence-electron chi connectivity index (χ0n) is 20.5. The van der Waals surface area contributed by atoms with Crippen molar-refractivity contribution in [1.82, 2.24) is 24.7 Å². The Morgan fingerprint density at radius 1 is 1.03 bits per heavy atom. The molecule has 3 aromatic heterocycles. The molecule has 0 aliphatic heterocycles. The smallest absolute Gasteiger partial charge is 0.309 e. The maximum absolute atomic E-state index is 13.8. The van der Waals surface area contributed by atoms with E-state index in [-0.39, 0.29) is 33.3 Å². The van der Waals surface area contributed by atoms with Gasteiger partial charge in [-0.3, -0.25) is 4.98 Å². The Hall–Kier alpha value is -3.48. The lowest BCUT2D eigenvalue weighted by Gasteiger charge is -2.17. The minimum Gasteiger partial charge on any atom is -0.309 e. The fourth-order valence-corrected chi connectivity index (χ4v) is 5.42. The zero-order chi connectivity index (χ0) is 27.6. The number of nitrogens with zero attached hydrogens (tertiary/aromatic N) is 5. The van der Waals surface area contributed by atoms with Crippen LogP contribution in [0.15, 0.2) is 47.5 Å². The minimum atomic E-state index is -5.87. The summed E-state index contributed by atoms with van der Waals surface area (Å²) in [6.45, 7) is 3.64. The van der Waals surface area contributed by atoms with Crippen molar-refractivity contribution < 1.29 is 30.4 Å². The molecule has 1 aliphatic rings. The minimum absolute atomic E-state index is 0.0709. The average molecular weight is 552 g/mol. The lowest BCUT2D eigenvalue weighted by atomic mass is 10.0. The molecule has 0 amide bonds. The summed E-state index contributed by atoms with van der Waals surface area (Å²) in [5.74, 6) is -4.40. The first-order valence-corrected chi connectivity index (χ1v) is 13.4. The second-order valence-electron chi connectivity index (χ2n) is 9.42. The Morgan fingerprint density at radius 2 is 1.68 bits per heavy atom. The van der Waals surface area contributed by atoms with E-state index in [1.807, 2.05) is 24.3 Å². The largest absolute Gasteiger partial charge is 0.459 e. The average Bonchev–Trinajstić information content (AvgIpc) is 3.52. The molecule has 0 radical (unpaired) electrons. The molecule has 1 aliphatic carbocycles. The fraction of sp³-hybridized carbons (Fsp3) is 0.360. The molecule has 3 heterocycles. The molecule has 4 aromatic rings. The summed E-state index contributed by atoms with van der Waals surface area (Å²) in [4.78, 5) is 8.33. The Morgan fingerprint density at radius 3 is 2.26 bits per heavy atom. The van der Waals surface area contributed by atoms with Gasteiger partial charge >= 0.3 is 12.1 Å². The molecule has 2 atom stereocenters. The summed E-state index contributed by atoms with van der Waals surface area (Å²) >= 11 is 0. The van der Waals surface area contributed by atoms with E-state index in [2.05, 4.69) is 27.1 Å².